The van der Waals surface area contributed by atoms with Gasteiger partial charge in [0.15, 0.2) is 0 Å². The van der Waals surface area contributed by atoms with Gasteiger partial charge >= 0.3 is 7.82 Å². The molecule has 0 saturated carbocycles. The molecule has 0 amide bonds. The molecular formula is C7H9F2N2O4P. The largest absolute Gasteiger partial charge is 0.537 e. The molecule has 16 heavy (non-hydrogen) atoms. The molecule has 0 rings (SSSR count). The second-order valence-electron chi connectivity index (χ2n) is 3.32. The third-order valence-corrected chi connectivity index (χ3v) is 2.84. The molecule has 0 radical (unpaired) electrons. The quantitative estimate of drug-likeness (QED) is 0.676. The monoisotopic (exact) mass is 254 g/mol. The average molecular weight is 254 g/mol. The van der Waals surface area contributed by atoms with Crippen molar-refractivity contribution in [3.63, 3.8) is 0 Å². The summed E-state index contributed by atoms with van der Waals surface area (Å²) in [7, 11) is -4.99. The van der Waals surface area contributed by atoms with Gasteiger partial charge in [0.2, 0.25) is 0 Å². The highest BCUT2D eigenvalue weighted by molar-refractivity contribution is 7.48. The zero-order valence-corrected chi connectivity index (χ0v) is 9.41. The molecular weight excluding hydrogens is 245 g/mol. The van der Waals surface area contributed by atoms with E-state index in [1.807, 2.05) is 0 Å². The van der Waals surface area contributed by atoms with E-state index in [4.69, 9.17) is 10.5 Å². The fraction of sp³-hybridized carbons (Fsp3) is 0.714. The molecule has 0 aliphatic heterocycles. The van der Waals surface area contributed by atoms with Gasteiger partial charge in [-0.2, -0.15) is 10.5 Å². The summed E-state index contributed by atoms with van der Waals surface area (Å²) in [5.74, 6) is -1.05. The molecule has 1 atom stereocenters. The predicted octanol–water partition coefficient (Wildman–Crippen LogP) is 2.75. The number of halogens is 2. The lowest BCUT2D eigenvalue weighted by Crippen LogP contribution is -2.32. The highest BCUT2D eigenvalue weighted by Crippen LogP contribution is 2.54. The Morgan fingerprint density at radius 1 is 1.38 bits per heavy atom. The van der Waals surface area contributed by atoms with Crippen LogP contribution >= 0.6 is 7.82 Å². The first-order valence-corrected chi connectivity index (χ1v) is 5.49. The van der Waals surface area contributed by atoms with Gasteiger partial charge in [-0.25, -0.2) is 4.57 Å². The Morgan fingerprint density at radius 2 is 1.88 bits per heavy atom. The Bertz CT molecular complexity index is 354. The summed E-state index contributed by atoms with van der Waals surface area (Å²) in [6, 6.07) is 3.37. The maximum atomic E-state index is 11.7. The van der Waals surface area contributed by atoms with Crippen molar-refractivity contribution in [2.45, 2.75) is 25.9 Å². The van der Waals surface area contributed by atoms with Crippen LogP contribution in [0.3, 0.4) is 0 Å². The topological polar surface area (TPSA) is 92.3 Å². The summed E-state index contributed by atoms with van der Waals surface area (Å²) in [4.78, 5) is 0. The number of hydrogen-bond acceptors (Lipinski definition) is 6. The molecule has 6 nitrogen and oxygen atoms in total. The second kappa shape index (κ2) is 5.88. The first-order chi connectivity index (χ1) is 7.35. The number of nitrogens with zero attached hydrogens (tertiary/aromatic N) is 2. The highest BCUT2D eigenvalue weighted by Gasteiger charge is 2.42. The smallest absolute Gasteiger partial charge is 0.276 e. The molecule has 0 heterocycles. The molecule has 1 unspecified atom stereocenters. The van der Waals surface area contributed by atoms with Crippen LogP contribution in [0.15, 0.2) is 0 Å². The summed E-state index contributed by atoms with van der Waals surface area (Å²) in [5, 5.41) is 17.1. The normalized spacial score (nSPS) is 13.9. The van der Waals surface area contributed by atoms with Crippen LogP contribution in [0.5, 0.6) is 0 Å². The first kappa shape index (κ1) is 14.9. The van der Waals surface area contributed by atoms with Gasteiger partial charge in [0, 0.05) is 0 Å². The van der Waals surface area contributed by atoms with Crippen LogP contribution in [0.1, 0.15) is 20.3 Å². The lowest BCUT2D eigenvalue weighted by atomic mass is 9.90. The van der Waals surface area contributed by atoms with E-state index in [-0.39, 0.29) is 6.42 Å². The number of rotatable bonds is 6. The van der Waals surface area contributed by atoms with E-state index < -0.39 is 19.3 Å². The van der Waals surface area contributed by atoms with Crippen LogP contribution in [0.4, 0.5) is 9.05 Å². The number of phosphoric acid groups is 1. The van der Waals surface area contributed by atoms with E-state index in [9.17, 15) is 13.6 Å². The lowest BCUT2D eigenvalue weighted by molar-refractivity contribution is -0.137. The zero-order chi connectivity index (χ0) is 12.8. The molecule has 0 aliphatic carbocycles. The number of hydrogen-bond donors (Lipinski definition) is 0. The maximum Gasteiger partial charge on any atom is 0.537 e. The van der Waals surface area contributed by atoms with Crippen LogP contribution in [-0.4, -0.2) is 5.60 Å². The Morgan fingerprint density at radius 3 is 2.19 bits per heavy atom. The minimum Gasteiger partial charge on any atom is -0.276 e. The van der Waals surface area contributed by atoms with Crippen molar-refractivity contribution >= 4 is 7.82 Å². The van der Waals surface area contributed by atoms with Gasteiger partial charge in [0.25, 0.3) is 0 Å². The Hall–Kier alpha value is -1.05. The average Bonchev–Trinajstić information content (AvgIpc) is 2.24. The third-order valence-electron chi connectivity index (χ3n) is 1.81. The third kappa shape index (κ3) is 3.84. The SMILES string of the molecule is CC(C)(OP(=O)(OF)OF)C(C#N)CC#N. The lowest BCUT2D eigenvalue weighted by Gasteiger charge is -2.28. The molecule has 0 spiro atoms. The van der Waals surface area contributed by atoms with Gasteiger partial charge in [-0.3, -0.25) is 4.52 Å². The van der Waals surface area contributed by atoms with E-state index in [0.717, 1.165) is 0 Å². The molecule has 0 fully saturated rings. The minimum atomic E-state index is -4.99. The zero-order valence-electron chi connectivity index (χ0n) is 8.52. The summed E-state index contributed by atoms with van der Waals surface area (Å²) in [5.41, 5.74) is -1.57. The summed E-state index contributed by atoms with van der Waals surface area (Å²) in [6.45, 7) is 2.45. The maximum absolute atomic E-state index is 11.7. The second-order valence-corrected chi connectivity index (χ2v) is 4.68. The molecule has 0 saturated heterocycles. The van der Waals surface area contributed by atoms with E-state index in [2.05, 4.69) is 14.0 Å². The Kier molecular flexibility index (Phi) is 5.49. The highest BCUT2D eigenvalue weighted by atomic mass is 31.2. The molecule has 0 aliphatic rings. The van der Waals surface area contributed by atoms with Gasteiger partial charge in [0.05, 0.1) is 30.1 Å². The van der Waals surface area contributed by atoms with Gasteiger partial charge in [-0.05, 0) is 22.9 Å². The molecule has 9 heteroatoms. The van der Waals surface area contributed by atoms with Gasteiger partial charge in [-0.1, -0.05) is 9.46 Å². The van der Waals surface area contributed by atoms with E-state index in [0.29, 0.717) is 0 Å². The fourth-order valence-corrected chi connectivity index (χ4v) is 1.71. The van der Waals surface area contributed by atoms with Crippen molar-refractivity contribution < 1.29 is 27.6 Å². The van der Waals surface area contributed by atoms with Crippen LogP contribution in [-0.2, 0) is 18.5 Å². The molecule has 0 aromatic carbocycles. The van der Waals surface area contributed by atoms with Crippen LogP contribution < -0.4 is 0 Å². The Labute approximate surface area is 90.7 Å². The van der Waals surface area contributed by atoms with Gasteiger partial charge < -0.3 is 0 Å². The molecule has 0 aromatic heterocycles. The molecule has 90 valence electrons. The van der Waals surface area contributed by atoms with Crippen molar-refractivity contribution in [1.29, 1.82) is 10.5 Å². The van der Waals surface area contributed by atoms with Crippen molar-refractivity contribution in [2.75, 3.05) is 0 Å². The van der Waals surface area contributed by atoms with E-state index >= 15 is 0 Å². The van der Waals surface area contributed by atoms with E-state index in [1.54, 1.807) is 12.1 Å². The fourth-order valence-electron chi connectivity index (χ4n) is 0.929. The van der Waals surface area contributed by atoms with Crippen molar-refractivity contribution in [2.24, 2.45) is 5.92 Å². The van der Waals surface area contributed by atoms with Crippen LogP contribution in [0, 0.1) is 28.6 Å². The van der Waals surface area contributed by atoms with Crippen LogP contribution in [0.25, 0.3) is 0 Å². The number of nitriles is 2. The van der Waals surface area contributed by atoms with Crippen molar-refractivity contribution in [3.8, 4) is 12.1 Å². The van der Waals surface area contributed by atoms with Gasteiger partial charge in [0.1, 0.15) is 0 Å². The minimum absolute atomic E-state index is 0.262. The van der Waals surface area contributed by atoms with Crippen molar-refractivity contribution in [1.82, 2.24) is 0 Å². The van der Waals surface area contributed by atoms with Crippen LogP contribution in [0.2, 0.25) is 0 Å². The predicted molar refractivity (Wildman–Crippen MR) is 46.5 cm³/mol. The molecule has 0 aromatic rings. The Balaban J connectivity index is 4.87. The van der Waals surface area contributed by atoms with E-state index in [1.165, 1.54) is 13.8 Å². The molecule has 0 bridgehead atoms. The first-order valence-electron chi connectivity index (χ1n) is 4.03. The standard InChI is InChI=1S/C7H9F2N2O4P/c1-7(2,6(5-11)3-4-10)13-16(12,14-8)15-9/h6H,3H2,1-2H3. The summed E-state index contributed by atoms with van der Waals surface area (Å²) < 4.78 is 44.3. The van der Waals surface area contributed by atoms with Gasteiger partial charge in [-0.15, -0.1) is 0 Å². The van der Waals surface area contributed by atoms with Crippen molar-refractivity contribution in [3.05, 3.63) is 0 Å². The summed E-state index contributed by atoms with van der Waals surface area (Å²) in [6.07, 6.45) is -0.262. The molecule has 0 N–H and O–H groups in total. The summed E-state index contributed by atoms with van der Waals surface area (Å²) >= 11 is 0.